The molecule has 2 rings (SSSR count). The molecule has 0 aliphatic rings. The van der Waals surface area contributed by atoms with Gasteiger partial charge in [-0.2, -0.15) is 0 Å². The lowest BCUT2D eigenvalue weighted by molar-refractivity contribution is 0.415. The van der Waals surface area contributed by atoms with Crippen LogP contribution in [0.2, 0.25) is 5.02 Å². The highest BCUT2D eigenvalue weighted by Gasteiger charge is 1.97. The predicted molar refractivity (Wildman–Crippen MR) is 95.3 cm³/mol. The SMILES string of the molecule is COc1ccc(NC(N)=NCCSc2ccc(Cl)cc2)cc1. The number of nitrogens with zero attached hydrogens (tertiary/aromatic N) is 1. The van der Waals surface area contributed by atoms with Crippen molar-refractivity contribution in [2.24, 2.45) is 10.7 Å². The molecule has 22 heavy (non-hydrogen) atoms. The Bertz CT molecular complexity index is 614. The normalized spacial score (nSPS) is 11.3. The Kier molecular flexibility index (Phi) is 6.43. The zero-order valence-corrected chi connectivity index (χ0v) is 13.8. The van der Waals surface area contributed by atoms with Gasteiger partial charge in [-0.25, -0.2) is 0 Å². The van der Waals surface area contributed by atoms with Gasteiger partial charge < -0.3 is 15.8 Å². The fourth-order valence-corrected chi connectivity index (χ4v) is 2.59. The zero-order chi connectivity index (χ0) is 15.8. The van der Waals surface area contributed by atoms with Crippen LogP contribution in [-0.2, 0) is 0 Å². The lowest BCUT2D eigenvalue weighted by Gasteiger charge is -2.06. The van der Waals surface area contributed by atoms with Crippen molar-refractivity contribution >= 4 is 35.0 Å². The van der Waals surface area contributed by atoms with E-state index in [0.29, 0.717) is 12.5 Å². The summed E-state index contributed by atoms with van der Waals surface area (Å²) in [6, 6.07) is 15.3. The number of ether oxygens (including phenoxy) is 1. The van der Waals surface area contributed by atoms with Crippen molar-refractivity contribution in [1.29, 1.82) is 0 Å². The first-order chi connectivity index (χ1) is 10.7. The standard InChI is InChI=1S/C16H18ClN3OS/c1-21-14-6-4-13(5-7-14)20-16(18)19-10-11-22-15-8-2-12(17)3-9-15/h2-9H,10-11H2,1H3,(H3,18,19,20). The topological polar surface area (TPSA) is 59.6 Å². The third kappa shape index (κ3) is 5.50. The van der Waals surface area contributed by atoms with Crippen molar-refractivity contribution in [3.63, 3.8) is 0 Å². The quantitative estimate of drug-likeness (QED) is 0.364. The summed E-state index contributed by atoms with van der Waals surface area (Å²) in [5.74, 6) is 2.06. The number of hydrogen-bond acceptors (Lipinski definition) is 3. The van der Waals surface area contributed by atoms with Crippen molar-refractivity contribution in [3.8, 4) is 5.75 Å². The molecule has 0 fully saturated rings. The molecule has 0 radical (unpaired) electrons. The maximum Gasteiger partial charge on any atom is 0.193 e. The van der Waals surface area contributed by atoms with Crippen LogP contribution >= 0.6 is 23.4 Å². The highest BCUT2D eigenvalue weighted by Crippen LogP contribution is 2.20. The highest BCUT2D eigenvalue weighted by molar-refractivity contribution is 7.99. The molecule has 3 N–H and O–H groups in total. The van der Waals surface area contributed by atoms with E-state index in [1.807, 2.05) is 48.5 Å². The van der Waals surface area contributed by atoms with Crippen LogP contribution < -0.4 is 15.8 Å². The summed E-state index contributed by atoms with van der Waals surface area (Å²) in [5, 5.41) is 3.79. The van der Waals surface area contributed by atoms with Gasteiger partial charge in [-0.15, -0.1) is 11.8 Å². The van der Waals surface area contributed by atoms with Crippen LogP contribution in [0.4, 0.5) is 5.69 Å². The summed E-state index contributed by atoms with van der Waals surface area (Å²) in [6.07, 6.45) is 0. The largest absolute Gasteiger partial charge is 0.497 e. The Morgan fingerprint density at radius 2 is 1.86 bits per heavy atom. The van der Waals surface area contributed by atoms with E-state index in [2.05, 4.69) is 10.3 Å². The molecule has 116 valence electrons. The van der Waals surface area contributed by atoms with E-state index in [4.69, 9.17) is 22.1 Å². The molecule has 0 saturated carbocycles. The van der Waals surface area contributed by atoms with Crippen LogP contribution in [0, 0.1) is 0 Å². The van der Waals surface area contributed by atoms with Crippen molar-refractivity contribution in [2.75, 3.05) is 24.7 Å². The summed E-state index contributed by atoms with van der Waals surface area (Å²) >= 11 is 7.56. The highest BCUT2D eigenvalue weighted by atomic mass is 35.5. The van der Waals surface area contributed by atoms with Crippen molar-refractivity contribution in [3.05, 3.63) is 53.6 Å². The molecule has 0 spiro atoms. The van der Waals surface area contributed by atoms with Crippen molar-refractivity contribution < 1.29 is 4.74 Å². The summed E-state index contributed by atoms with van der Waals surface area (Å²) in [6.45, 7) is 0.641. The van der Waals surface area contributed by atoms with Gasteiger partial charge in [-0.1, -0.05) is 11.6 Å². The number of thioether (sulfide) groups is 1. The number of aliphatic imine (C=N–C) groups is 1. The van der Waals surface area contributed by atoms with E-state index in [1.165, 1.54) is 4.90 Å². The Morgan fingerprint density at radius 1 is 1.18 bits per heavy atom. The molecule has 0 aliphatic heterocycles. The third-order valence-electron chi connectivity index (χ3n) is 2.82. The number of rotatable bonds is 6. The van der Waals surface area contributed by atoms with Gasteiger partial charge in [0.15, 0.2) is 5.96 Å². The minimum Gasteiger partial charge on any atom is -0.497 e. The first-order valence-electron chi connectivity index (χ1n) is 6.77. The smallest absolute Gasteiger partial charge is 0.193 e. The van der Waals surface area contributed by atoms with E-state index in [1.54, 1.807) is 18.9 Å². The van der Waals surface area contributed by atoms with E-state index in [0.717, 1.165) is 22.2 Å². The van der Waals surface area contributed by atoms with Crippen LogP contribution in [0.5, 0.6) is 5.75 Å². The van der Waals surface area contributed by atoms with Gasteiger partial charge in [0.1, 0.15) is 5.75 Å². The van der Waals surface area contributed by atoms with Gasteiger partial charge in [-0.05, 0) is 48.5 Å². The molecule has 2 aromatic carbocycles. The molecule has 0 amide bonds. The Morgan fingerprint density at radius 3 is 2.50 bits per heavy atom. The zero-order valence-electron chi connectivity index (χ0n) is 12.3. The van der Waals surface area contributed by atoms with E-state index in [9.17, 15) is 0 Å². The maximum atomic E-state index is 5.86. The number of methoxy groups -OCH3 is 1. The molecule has 0 heterocycles. The number of hydrogen-bond donors (Lipinski definition) is 2. The van der Waals surface area contributed by atoms with Gasteiger partial charge in [0, 0.05) is 21.4 Å². The fourth-order valence-electron chi connectivity index (χ4n) is 1.72. The minimum atomic E-state index is 0.405. The molecule has 0 unspecified atom stereocenters. The van der Waals surface area contributed by atoms with E-state index < -0.39 is 0 Å². The summed E-state index contributed by atoms with van der Waals surface area (Å²) in [7, 11) is 1.64. The average Bonchev–Trinajstić information content (AvgIpc) is 2.54. The predicted octanol–water partition coefficient (Wildman–Crippen LogP) is 3.87. The molecule has 4 nitrogen and oxygen atoms in total. The van der Waals surface area contributed by atoms with Gasteiger partial charge >= 0.3 is 0 Å². The second kappa shape index (κ2) is 8.56. The number of nitrogens with two attached hydrogens (primary N) is 1. The van der Waals surface area contributed by atoms with E-state index in [-0.39, 0.29) is 0 Å². The summed E-state index contributed by atoms with van der Waals surface area (Å²) in [4.78, 5) is 5.47. The lowest BCUT2D eigenvalue weighted by Crippen LogP contribution is -2.23. The molecule has 6 heteroatoms. The van der Waals surface area contributed by atoms with Crippen LogP contribution in [0.1, 0.15) is 0 Å². The summed E-state index contributed by atoms with van der Waals surface area (Å²) in [5.41, 5.74) is 6.74. The average molecular weight is 336 g/mol. The first-order valence-corrected chi connectivity index (χ1v) is 8.13. The monoisotopic (exact) mass is 335 g/mol. The lowest BCUT2D eigenvalue weighted by atomic mass is 10.3. The van der Waals surface area contributed by atoms with Crippen LogP contribution in [0.3, 0.4) is 0 Å². The van der Waals surface area contributed by atoms with Crippen molar-refractivity contribution in [1.82, 2.24) is 0 Å². The molecule has 0 aromatic heterocycles. The molecule has 0 saturated heterocycles. The molecule has 0 bridgehead atoms. The number of halogens is 1. The van der Waals surface area contributed by atoms with Crippen molar-refractivity contribution in [2.45, 2.75) is 4.90 Å². The van der Waals surface area contributed by atoms with Gasteiger partial charge in [0.25, 0.3) is 0 Å². The second-order valence-electron chi connectivity index (χ2n) is 4.42. The minimum absolute atomic E-state index is 0.405. The van der Waals surface area contributed by atoms with Gasteiger partial charge in [-0.3, -0.25) is 4.99 Å². The number of benzene rings is 2. The molecule has 0 aliphatic carbocycles. The molecular formula is C16H18ClN3OS. The Hall–Kier alpha value is -1.85. The van der Waals surface area contributed by atoms with Crippen LogP contribution in [0.15, 0.2) is 58.4 Å². The number of guanidine groups is 1. The second-order valence-corrected chi connectivity index (χ2v) is 6.03. The first kappa shape index (κ1) is 16.5. The summed E-state index contributed by atoms with van der Waals surface area (Å²) < 4.78 is 5.10. The molecule has 2 aromatic rings. The number of anilines is 1. The van der Waals surface area contributed by atoms with Crippen LogP contribution in [0.25, 0.3) is 0 Å². The molecular weight excluding hydrogens is 318 g/mol. The molecule has 0 atom stereocenters. The van der Waals surface area contributed by atoms with E-state index >= 15 is 0 Å². The van der Waals surface area contributed by atoms with Gasteiger partial charge in [0.05, 0.1) is 13.7 Å². The Labute approximate surface area is 139 Å². The van der Waals surface area contributed by atoms with Gasteiger partial charge in [0.2, 0.25) is 0 Å². The Balaban J connectivity index is 1.76. The van der Waals surface area contributed by atoms with Crippen LogP contribution in [-0.4, -0.2) is 25.4 Å². The third-order valence-corrected chi connectivity index (χ3v) is 4.06. The maximum absolute atomic E-state index is 5.86. The number of nitrogens with one attached hydrogen (secondary N) is 1. The fraction of sp³-hybridized carbons (Fsp3) is 0.188.